The van der Waals surface area contributed by atoms with Crippen LogP contribution in [0.3, 0.4) is 0 Å². The number of carbonyl (C=O) groups excluding carboxylic acids is 1. The van der Waals surface area contributed by atoms with Gasteiger partial charge in [-0.3, -0.25) is 0 Å². The van der Waals surface area contributed by atoms with Crippen LogP contribution >= 0.6 is 22.6 Å². The minimum Gasteiger partial charge on any atom is -0.478 e. The summed E-state index contributed by atoms with van der Waals surface area (Å²) in [4.78, 5) is 22.9. The maximum absolute atomic E-state index is 13.2. The van der Waals surface area contributed by atoms with Gasteiger partial charge in [0.25, 0.3) is 0 Å². The van der Waals surface area contributed by atoms with Crippen LogP contribution in [0, 0.1) is 9.39 Å². The van der Waals surface area contributed by atoms with E-state index >= 15 is 0 Å². The molecule has 0 atom stereocenters. The number of rotatable bonds is 3. The number of amides is 2. The number of halogens is 2. The zero-order valence-corrected chi connectivity index (χ0v) is 12.7. The van der Waals surface area contributed by atoms with Crippen molar-refractivity contribution in [3.8, 4) is 0 Å². The van der Waals surface area contributed by atoms with Gasteiger partial charge in [-0.15, -0.1) is 0 Å². The second kappa shape index (κ2) is 6.53. The van der Waals surface area contributed by atoms with Crippen molar-refractivity contribution in [2.24, 2.45) is 0 Å². The molecule has 21 heavy (non-hydrogen) atoms. The number of carbonyl (C=O) groups is 2. The van der Waals surface area contributed by atoms with Gasteiger partial charge in [0.2, 0.25) is 0 Å². The molecule has 2 aromatic rings. The highest BCUT2D eigenvalue weighted by Crippen LogP contribution is 2.18. The predicted molar refractivity (Wildman–Crippen MR) is 85.2 cm³/mol. The van der Waals surface area contributed by atoms with Crippen LogP contribution in [0.5, 0.6) is 0 Å². The Bertz CT molecular complexity index is 706. The lowest BCUT2D eigenvalue weighted by molar-refractivity contribution is 0.0698. The van der Waals surface area contributed by atoms with Crippen LogP contribution < -0.4 is 10.6 Å². The SMILES string of the molecule is O=C(Nc1cccc(I)c1)Nc1cc(F)ccc1C(=O)O. The smallest absolute Gasteiger partial charge is 0.337 e. The quantitative estimate of drug-likeness (QED) is 0.687. The summed E-state index contributed by atoms with van der Waals surface area (Å²) in [7, 11) is 0. The van der Waals surface area contributed by atoms with Gasteiger partial charge in [0.15, 0.2) is 0 Å². The molecule has 0 saturated heterocycles. The van der Waals surface area contributed by atoms with Crippen LogP contribution in [0.15, 0.2) is 42.5 Å². The maximum atomic E-state index is 13.2. The summed E-state index contributed by atoms with van der Waals surface area (Å²) in [5, 5.41) is 13.9. The maximum Gasteiger partial charge on any atom is 0.337 e. The molecule has 0 radical (unpaired) electrons. The molecule has 0 aliphatic carbocycles. The number of hydrogen-bond donors (Lipinski definition) is 3. The molecule has 2 aromatic carbocycles. The standard InChI is InChI=1S/C14H10FIN2O3/c15-8-4-5-11(13(19)20)12(6-8)18-14(21)17-10-3-1-2-9(16)7-10/h1-7H,(H,19,20)(H2,17,18,21). The molecule has 2 amide bonds. The first-order valence-electron chi connectivity index (χ1n) is 5.82. The number of nitrogens with one attached hydrogen (secondary N) is 2. The summed E-state index contributed by atoms with van der Waals surface area (Å²) in [6.45, 7) is 0. The number of hydrogen-bond acceptors (Lipinski definition) is 2. The molecule has 5 nitrogen and oxygen atoms in total. The highest BCUT2D eigenvalue weighted by atomic mass is 127. The Morgan fingerprint density at radius 1 is 1.10 bits per heavy atom. The minimum absolute atomic E-state index is 0.106. The van der Waals surface area contributed by atoms with Crippen molar-refractivity contribution in [1.82, 2.24) is 0 Å². The first-order chi connectivity index (χ1) is 9.95. The van der Waals surface area contributed by atoms with Gasteiger partial charge in [0.1, 0.15) is 5.82 Å². The summed E-state index contributed by atoms with van der Waals surface area (Å²) in [5.41, 5.74) is 0.257. The van der Waals surface area contributed by atoms with Crippen molar-refractivity contribution in [2.45, 2.75) is 0 Å². The van der Waals surface area contributed by atoms with E-state index in [0.29, 0.717) is 5.69 Å². The molecule has 0 heterocycles. The average molecular weight is 400 g/mol. The van der Waals surface area contributed by atoms with Gasteiger partial charge in [-0.1, -0.05) is 6.07 Å². The molecule has 7 heteroatoms. The van der Waals surface area contributed by atoms with Crippen LogP contribution in [0.4, 0.5) is 20.6 Å². The highest BCUT2D eigenvalue weighted by molar-refractivity contribution is 14.1. The van der Waals surface area contributed by atoms with E-state index in [-0.39, 0.29) is 11.3 Å². The molecular formula is C14H10FIN2O3. The van der Waals surface area contributed by atoms with E-state index in [2.05, 4.69) is 33.2 Å². The third-order valence-electron chi connectivity index (χ3n) is 2.54. The number of carboxylic acid groups (broad SMARTS) is 1. The highest BCUT2D eigenvalue weighted by Gasteiger charge is 2.13. The number of benzene rings is 2. The van der Waals surface area contributed by atoms with E-state index in [9.17, 15) is 14.0 Å². The molecule has 0 aliphatic rings. The summed E-state index contributed by atoms with van der Waals surface area (Å²) in [6, 6.07) is 9.48. The van der Waals surface area contributed by atoms with E-state index in [4.69, 9.17) is 5.11 Å². The predicted octanol–water partition coefficient (Wildman–Crippen LogP) is 3.77. The minimum atomic E-state index is -1.25. The number of carboxylic acids is 1. The first-order valence-corrected chi connectivity index (χ1v) is 6.90. The second-order valence-corrected chi connectivity index (χ2v) is 5.33. The molecule has 3 N–H and O–H groups in total. The molecule has 0 aromatic heterocycles. The van der Waals surface area contributed by atoms with Gasteiger partial charge in [0.05, 0.1) is 11.3 Å². The third kappa shape index (κ3) is 4.15. The summed E-state index contributed by atoms with van der Waals surface area (Å²) in [5.74, 6) is -1.89. The Morgan fingerprint density at radius 3 is 2.52 bits per heavy atom. The second-order valence-electron chi connectivity index (χ2n) is 4.08. The van der Waals surface area contributed by atoms with Crippen molar-refractivity contribution in [3.63, 3.8) is 0 Å². The monoisotopic (exact) mass is 400 g/mol. The Labute approximate surface area is 133 Å². The van der Waals surface area contributed by atoms with Crippen molar-refractivity contribution < 1.29 is 19.1 Å². The Balaban J connectivity index is 2.16. The molecule has 0 spiro atoms. The molecule has 108 valence electrons. The molecular weight excluding hydrogens is 390 g/mol. The van der Waals surface area contributed by atoms with E-state index in [1.165, 1.54) is 0 Å². The molecule has 0 fully saturated rings. The Kier molecular flexibility index (Phi) is 4.73. The topological polar surface area (TPSA) is 78.4 Å². The van der Waals surface area contributed by atoms with Crippen molar-refractivity contribution in [3.05, 3.63) is 57.4 Å². The third-order valence-corrected chi connectivity index (χ3v) is 3.21. The fraction of sp³-hybridized carbons (Fsp3) is 0. The molecule has 0 aliphatic heterocycles. The summed E-state index contributed by atoms with van der Waals surface area (Å²) >= 11 is 2.10. The van der Waals surface area contributed by atoms with Gasteiger partial charge in [-0.2, -0.15) is 0 Å². The fourth-order valence-electron chi connectivity index (χ4n) is 1.66. The van der Waals surface area contributed by atoms with E-state index in [1.807, 2.05) is 6.07 Å². The van der Waals surface area contributed by atoms with Crippen LogP contribution in [0.1, 0.15) is 10.4 Å². The Morgan fingerprint density at radius 2 is 1.86 bits per heavy atom. The van der Waals surface area contributed by atoms with E-state index in [0.717, 1.165) is 21.8 Å². The molecule has 0 saturated carbocycles. The summed E-state index contributed by atoms with van der Waals surface area (Å²) in [6.07, 6.45) is 0. The average Bonchev–Trinajstić information content (AvgIpc) is 2.38. The van der Waals surface area contributed by atoms with Crippen molar-refractivity contribution in [2.75, 3.05) is 10.6 Å². The van der Waals surface area contributed by atoms with E-state index < -0.39 is 17.8 Å². The van der Waals surface area contributed by atoms with Crippen LogP contribution in [0.25, 0.3) is 0 Å². The van der Waals surface area contributed by atoms with Gasteiger partial charge >= 0.3 is 12.0 Å². The normalized spacial score (nSPS) is 10.0. The van der Waals surface area contributed by atoms with E-state index in [1.54, 1.807) is 18.2 Å². The van der Waals surface area contributed by atoms with Crippen LogP contribution in [-0.2, 0) is 0 Å². The fourth-order valence-corrected chi connectivity index (χ4v) is 2.20. The zero-order chi connectivity index (χ0) is 15.4. The molecule has 0 bridgehead atoms. The van der Waals surface area contributed by atoms with Crippen LogP contribution in [-0.4, -0.2) is 17.1 Å². The van der Waals surface area contributed by atoms with Gasteiger partial charge in [-0.25, -0.2) is 14.0 Å². The number of aromatic carboxylic acids is 1. The largest absolute Gasteiger partial charge is 0.478 e. The van der Waals surface area contributed by atoms with Gasteiger partial charge < -0.3 is 15.7 Å². The number of urea groups is 1. The first kappa shape index (κ1) is 15.2. The Hall–Kier alpha value is -2.16. The van der Waals surface area contributed by atoms with Crippen LogP contribution in [0.2, 0.25) is 0 Å². The molecule has 2 rings (SSSR count). The van der Waals surface area contributed by atoms with Crippen molar-refractivity contribution >= 4 is 46.0 Å². The lowest BCUT2D eigenvalue weighted by Crippen LogP contribution is -2.21. The number of anilines is 2. The lowest BCUT2D eigenvalue weighted by Gasteiger charge is -2.10. The van der Waals surface area contributed by atoms with Crippen molar-refractivity contribution in [1.29, 1.82) is 0 Å². The van der Waals surface area contributed by atoms with Gasteiger partial charge in [-0.05, 0) is 59.0 Å². The van der Waals surface area contributed by atoms with Gasteiger partial charge in [0, 0.05) is 9.26 Å². The lowest BCUT2D eigenvalue weighted by atomic mass is 10.2. The zero-order valence-electron chi connectivity index (χ0n) is 10.6. The summed E-state index contributed by atoms with van der Waals surface area (Å²) < 4.78 is 14.1. The molecule has 0 unspecified atom stereocenters.